The first-order valence-electron chi connectivity index (χ1n) is 7.17. The van der Waals surface area contributed by atoms with Crippen molar-refractivity contribution >= 4 is 33.2 Å². The Bertz CT molecular complexity index is 727. The second-order valence-corrected chi connectivity index (χ2v) is 7.54. The van der Waals surface area contributed by atoms with Crippen molar-refractivity contribution in [3.8, 4) is 17.0 Å². The van der Waals surface area contributed by atoms with Gasteiger partial charge in [0, 0.05) is 34.4 Å². The lowest BCUT2D eigenvalue weighted by atomic mass is 10.1. The summed E-state index contributed by atoms with van der Waals surface area (Å²) in [5, 5.41) is 0.553. The molecule has 0 unspecified atom stereocenters. The number of rotatable bonds is 2. The molecule has 22 heavy (non-hydrogen) atoms. The summed E-state index contributed by atoms with van der Waals surface area (Å²) in [6.07, 6.45) is 0.776. The maximum absolute atomic E-state index is 12.5. The summed E-state index contributed by atoms with van der Waals surface area (Å²) >= 11 is 4.94. The molecule has 0 saturated carbocycles. The summed E-state index contributed by atoms with van der Waals surface area (Å²) in [5.41, 5.74) is 1.84. The second kappa shape index (κ2) is 6.01. The maximum Gasteiger partial charge on any atom is 0.282 e. The number of carbonyl (C=O) groups is 1. The maximum atomic E-state index is 12.5. The highest BCUT2D eigenvalue weighted by Gasteiger charge is 2.25. The standard InChI is InChI=1S/C16H17BrN2O2S/c1-9(2)19(3)16(20)15-18-14-11-5-4-10(17)8-12(11)21-7-6-13(14)22-15/h4-5,8-9H,6-7H2,1-3H3. The number of fused-ring (bicyclic) bond motifs is 3. The Morgan fingerprint density at radius 3 is 2.95 bits per heavy atom. The Kier molecular flexibility index (Phi) is 4.23. The molecule has 0 fully saturated rings. The fraction of sp³-hybridized carbons (Fsp3) is 0.375. The molecule has 0 spiro atoms. The van der Waals surface area contributed by atoms with E-state index in [2.05, 4.69) is 20.9 Å². The summed E-state index contributed by atoms with van der Waals surface area (Å²) in [5.74, 6) is 0.794. The summed E-state index contributed by atoms with van der Waals surface area (Å²) in [7, 11) is 1.81. The third kappa shape index (κ3) is 2.77. The predicted molar refractivity (Wildman–Crippen MR) is 91.7 cm³/mol. The molecule has 0 saturated heterocycles. The Hall–Kier alpha value is -1.40. The van der Waals surface area contributed by atoms with E-state index in [4.69, 9.17) is 4.74 Å². The van der Waals surface area contributed by atoms with Crippen LogP contribution in [0.4, 0.5) is 0 Å². The van der Waals surface area contributed by atoms with E-state index in [0.29, 0.717) is 11.6 Å². The van der Waals surface area contributed by atoms with Crippen molar-refractivity contribution in [1.29, 1.82) is 0 Å². The molecule has 0 aliphatic carbocycles. The van der Waals surface area contributed by atoms with Gasteiger partial charge in [0.25, 0.3) is 5.91 Å². The number of nitrogens with zero attached hydrogens (tertiary/aromatic N) is 2. The minimum Gasteiger partial charge on any atom is -0.492 e. The molecule has 116 valence electrons. The van der Waals surface area contributed by atoms with E-state index in [-0.39, 0.29) is 11.9 Å². The zero-order chi connectivity index (χ0) is 15.9. The van der Waals surface area contributed by atoms with Gasteiger partial charge in [0.05, 0.1) is 12.3 Å². The van der Waals surface area contributed by atoms with Crippen molar-refractivity contribution in [2.75, 3.05) is 13.7 Å². The Labute approximate surface area is 142 Å². The van der Waals surface area contributed by atoms with Crippen LogP contribution in [0.2, 0.25) is 0 Å². The molecule has 0 radical (unpaired) electrons. The molecule has 4 nitrogen and oxygen atoms in total. The molecule has 1 aliphatic rings. The third-order valence-corrected chi connectivity index (χ3v) is 5.36. The van der Waals surface area contributed by atoms with Gasteiger partial charge in [0.15, 0.2) is 5.01 Å². The predicted octanol–water partition coefficient (Wildman–Crippen LogP) is 3.99. The first-order valence-corrected chi connectivity index (χ1v) is 8.78. The number of ether oxygens (including phenoxy) is 1. The van der Waals surface area contributed by atoms with Crippen LogP contribution < -0.4 is 4.74 Å². The fourth-order valence-corrected chi connectivity index (χ4v) is 3.65. The van der Waals surface area contributed by atoms with Crippen molar-refractivity contribution in [2.24, 2.45) is 0 Å². The van der Waals surface area contributed by atoms with Crippen LogP contribution in [0.15, 0.2) is 22.7 Å². The Balaban J connectivity index is 2.04. The summed E-state index contributed by atoms with van der Waals surface area (Å²) in [4.78, 5) is 19.9. The molecular formula is C16H17BrN2O2S. The van der Waals surface area contributed by atoms with Gasteiger partial charge in [-0.3, -0.25) is 4.79 Å². The van der Waals surface area contributed by atoms with Crippen LogP contribution in [0.5, 0.6) is 5.75 Å². The van der Waals surface area contributed by atoms with Crippen LogP contribution in [0, 0.1) is 0 Å². The molecule has 6 heteroatoms. The normalized spacial score (nSPS) is 13.1. The van der Waals surface area contributed by atoms with Crippen LogP contribution >= 0.6 is 27.3 Å². The molecule has 1 aromatic heterocycles. The van der Waals surface area contributed by atoms with Crippen LogP contribution in [-0.4, -0.2) is 35.5 Å². The van der Waals surface area contributed by atoms with Gasteiger partial charge in [0.1, 0.15) is 5.75 Å². The zero-order valence-corrected chi connectivity index (χ0v) is 15.1. The number of benzene rings is 1. The number of halogens is 1. The highest BCUT2D eigenvalue weighted by Crippen LogP contribution is 2.39. The lowest BCUT2D eigenvalue weighted by Gasteiger charge is -2.19. The summed E-state index contributed by atoms with van der Waals surface area (Å²) in [6, 6.07) is 6.07. The van der Waals surface area contributed by atoms with Gasteiger partial charge in [-0.2, -0.15) is 0 Å². The number of hydrogen-bond acceptors (Lipinski definition) is 4. The van der Waals surface area contributed by atoms with Crippen LogP contribution in [0.25, 0.3) is 11.3 Å². The largest absolute Gasteiger partial charge is 0.492 e. The first-order chi connectivity index (χ1) is 10.5. The van der Waals surface area contributed by atoms with E-state index in [9.17, 15) is 4.79 Å². The minimum atomic E-state index is -0.0207. The van der Waals surface area contributed by atoms with Crippen LogP contribution in [0.3, 0.4) is 0 Å². The first kappa shape index (κ1) is 15.5. The van der Waals surface area contributed by atoms with Crippen molar-refractivity contribution in [1.82, 2.24) is 9.88 Å². The number of aromatic nitrogens is 1. The van der Waals surface area contributed by atoms with Crippen molar-refractivity contribution in [3.63, 3.8) is 0 Å². The zero-order valence-electron chi connectivity index (χ0n) is 12.7. The van der Waals surface area contributed by atoms with Gasteiger partial charge in [-0.15, -0.1) is 11.3 Å². The highest BCUT2D eigenvalue weighted by atomic mass is 79.9. The average Bonchev–Trinajstić information content (AvgIpc) is 2.82. The molecule has 0 atom stereocenters. The van der Waals surface area contributed by atoms with Gasteiger partial charge in [-0.05, 0) is 32.0 Å². The Morgan fingerprint density at radius 2 is 2.23 bits per heavy atom. The monoisotopic (exact) mass is 380 g/mol. The lowest BCUT2D eigenvalue weighted by Crippen LogP contribution is -2.32. The van der Waals surface area contributed by atoms with Crippen molar-refractivity contribution in [2.45, 2.75) is 26.3 Å². The number of carbonyl (C=O) groups excluding carboxylic acids is 1. The average molecular weight is 381 g/mol. The number of amides is 1. The van der Waals surface area contributed by atoms with Crippen molar-refractivity contribution < 1.29 is 9.53 Å². The number of hydrogen-bond donors (Lipinski definition) is 0. The minimum absolute atomic E-state index is 0.0207. The van der Waals surface area contributed by atoms with E-state index in [1.807, 2.05) is 39.1 Å². The molecule has 0 bridgehead atoms. The van der Waals surface area contributed by atoms with E-state index in [0.717, 1.165) is 32.8 Å². The van der Waals surface area contributed by atoms with Gasteiger partial charge in [-0.25, -0.2) is 4.98 Å². The molecule has 1 amide bonds. The quantitative estimate of drug-likeness (QED) is 0.790. The van der Waals surface area contributed by atoms with E-state index >= 15 is 0 Å². The number of thiazole rings is 1. The lowest BCUT2D eigenvalue weighted by molar-refractivity contribution is 0.0754. The van der Waals surface area contributed by atoms with Crippen LogP contribution in [-0.2, 0) is 6.42 Å². The van der Waals surface area contributed by atoms with E-state index in [1.165, 1.54) is 11.3 Å². The fourth-order valence-electron chi connectivity index (χ4n) is 2.27. The van der Waals surface area contributed by atoms with Gasteiger partial charge >= 0.3 is 0 Å². The SMILES string of the molecule is CC(C)N(C)C(=O)c1nc2c(s1)CCOc1cc(Br)ccc1-2. The molecule has 2 heterocycles. The van der Waals surface area contributed by atoms with Gasteiger partial charge in [0.2, 0.25) is 0 Å². The Morgan fingerprint density at radius 1 is 1.45 bits per heavy atom. The third-order valence-electron chi connectivity index (χ3n) is 3.76. The molecule has 3 rings (SSSR count). The molecule has 1 aromatic carbocycles. The van der Waals surface area contributed by atoms with Gasteiger partial charge < -0.3 is 9.64 Å². The summed E-state index contributed by atoms with van der Waals surface area (Å²) in [6.45, 7) is 4.60. The van der Waals surface area contributed by atoms with E-state index in [1.54, 1.807) is 4.90 Å². The van der Waals surface area contributed by atoms with Crippen LogP contribution in [0.1, 0.15) is 28.5 Å². The smallest absolute Gasteiger partial charge is 0.282 e. The highest BCUT2D eigenvalue weighted by molar-refractivity contribution is 9.10. The second-order valence-electron chi connectivity index (χ2n) is 5.54. The molecule has 0 N–H and O–H groups in total. The molecule has 2 aromatic rings. The van der Waals surface area contributed by atoms with Gasteiger partial charge in [-0.1, -0.05) is 15.9 Å². The van der Waals surface area contributed by atoms with E-state index < -0.39 is 0 Å². The van der Waals surface area contributed by atoms with Crippen molar-refractivity contribution in [3.05, 3.63) is 32.6 Å². The topological polar surface area (TPSA) is 42.4 Å². The molecular weight excluding hydrogens is 364 g/mol. The summed E-state index contributed by atoms with van der Waals surface area (Å²) < 4.78 is 6.77. The molecule has 1 aliphatic heterocycles.